The average Bonchev–Trinajstić information content (AvgIpc) is 2.75. The third kappa shape index (κ3) is 2.35. The van der Waals surface area contributed by atoms with Crippen LogP contribution < -0.4 is 9.80 Å². The number of amides is 2. The van der Waals surface area contributed by atoms with Crippen molar-refractivity contribution in [3.05, 3.63) is 96.2 Å². The number of fused-ring (bicyclic) bond motifs is 1. The molecule has 3 heteroatoms. The van der Waals surface area contributed by atoms with Gasteiger partial charge in [0, 0.05) is 5.69 Å². The van der Waals surface area contributed by atoms with Gasteiger partial charge in [-0.05, 0) is 37.3 Å². The Balaban J connectivity index is 1.84. The highest BCUT2D eigenvalue weighted by atomic mass is 16.2. The average molecular weight is 314 g/mol. The highest BCUT2D eigenvalue weighted by molar-refractivity contribution is 6.11. The van der Waals surface area contributed by atoms with Gasteiger partial charge in [-0.2, -0.15) is 0 Å². The Morgan fingerprint density at radius 3 is 2.33 bits per heavy atom. The van der Waals surface area contributed by atoms with E-state index in [-0.39, 0.29) is 12.1 Å². The molecule has 1 aliphatic carbocycles. The number of para-hydroxylation sites is 1. The van der Waals surface area contributed by atoms with E-state index in [1.54, 1.807) is 4.90 Å². The molecule has 1 fully saturated rings. The Bertz CT molecular complexity index is 847. The number of hydrogen-bond acceptors (Lipinski definition) is 1. The zero-order valence-corrected chi connectivity index (χ0v) is 13.5. The fraction of sp³-hybridized carbons (Fsp3) is 0.0952. The SMILES string of the molecule is Cc1ccc(N2C(=O)N(c3ccccc3)C3C=CC=CC=C32)cc1. The molecule has 1 heterocycles. The van der Waals surface area contributed by atoms with Crippen LogP contribution in [0.2, 0.25) is 0 Å². The topological polar surface area (TPSA) is 23.6 Å². The Hall–Kier alpha value is -3.07. The summed E-state index contributed by atoms with van der Waals surface area (Å²) in [6, 6.07) is 17.8. The maximum Gasteiger partial charge on any atom is 0.334 e. The maximum absolute atomic E-state index is 13.2. The van der Waals surface area contributed by atoms with Gasteiger partial charge in [-0.25, -0.2) is 4.79 Å². The number of nitrogens with zero attached hydrogens (tertiary/aromatic N) is 2. The number of rotatable bonds is 2. The first-order valence-electron chi connectivity index (χ1n) is 8.06. The van der Waals surface area contributed by atoms with E-state index < -0.39 is 0 Å². The van der Waals surface area contributed by atoms with E-state index in [0.717, 1.165) is 17.1 Å². The molecule has 1 aliphatic heterocycles. The Morgan fingerprint density at radius 2 is 1.58 bits per heavy atom. The molecule has 0 saturated carbocycles. The molecule has 0 spiro atoms. The van der Waals surface area contributed by atoms with Crippen LogP contribution >= 0.6 is 0 Å². The number of urea groups is 1. The van der Waals surface area contributed by atoms with E-state index in [2.05, 4.69) is 6.08 Å². The van der Waals surface area contributed by atoms with Crippen molar-refractivity contribution < 1.29 is 4.79 Å². The molecule has 0 aromatic heterocycles. The van der Waals surface area contributed by atoms with Crippen molar-refractivity contribution in [3.63, 3.8) is 0 Å². The van der Waals surface area contributed by atoms with Crippen molar-refractivity contribution in [3.8, 4) is 0 Å². The molecule has 2 amide bonds. The fourth-order valence-corrected chi connectivity index (χ4v) is 3.16. The van der Waals surface area contributed by atoms with Gasteiger partial charge >= 0.3 is 6.03 Å². The normalized spacial score (nSPS) is 19.3. The van der Waals surface area contributed by atoms with E-state index in [9.17, 15) is 4.79 Å². The number of anilines is 2. The summed E-state index contributed by atoms with van der Waals surface area (Å²) in [5.41, 5.74) is 3.94. The standard InChI is InChI=1S/C21H18N2O/c1-16-12-14-18(15-13-16)23-20-11-7-3-6-10-19(20)22(21(23)24)17-8-4-2-5-9-17/h2-15,19H,1H3. The first-order chi connectivity index (χ1) is 11.8. The number of aryl methyl sites for hydroxylation is 1. The van der Waals surface area contributed by atoms with E-state index in [0.29, 0.717) is 0 Å². The lowest BCUT2D eigenvalue weighted by Gasteiger charge is -2.20. The fourth-order valence-electron chi connectivity index (χ4n) is 3.16. The van der Waals surface area contributed by atoms with Gasteiger partial charge in [0.2, 0.25) is 0 Å². The number of carbonyl (C=O) groups is 1. The lowest BCUT2D eigenvalue weighted by Crippen LogP contribution is -2.34. The summed E-state index contributed by atoms with van der Waals surface area (Å²) in [5.74, 6) is 0. The third-order valence-corrected chi connectivity index (χ3v) is 4.35. The van der Waals surface area contributed by atoms with Gasteiger partial charge in [-0.3, -0.25) is 9.80 Å². The minimum Gasteiger partial charge on any atom is -0.281 e. The van der Waals surface area contributed by atoms with Gasteiger partial charge in [0.15, 0.2) is 0 Å². The molecule has 0 radical (unpaired) electrons. The monoisotopic (exact) mass is 314 g/mol. The van der Waals surface area contributed by atoms with Crippen LogP contribution in [0.4, 0.5) is 16.2 Å². The second-order valence-corrected chi connectivity index (χ2v) is 5.97. The molecule has 4 rings (SSSR count). The molecule has 0 N–H and O–H groups in total. The van der Waals surface area contributed by atoms with Gasteiger partial charge in [-0.15, -0.1) is 0 Å². The molecule has 1 saturated heterocycles. The van der Waals surface area contributed by atoms with Crippen molar-refractivity contribution in [2.45, 2.75) is 13.0 Å². The van der Waals surface area contributed by atoms with Crippen molar-refractivity contribution in [2.24, 2.45) is 0 Å². The lowest BCUT2D eigenvalue weighted by molar-refractivity contribution is 0.256. The minimum atomic E-state index is -0.101. The zero-order valence-electron chi connectivity index (χ0n) is 13.5. The van der Waals surface area contributed by atoms with E-state index in [1.807, 2.05) is 90.7 Å². The molecule has 2 aromatic rings. The lowest BCUT2D eigenvalue weighted by atomic mass is 10.1. The molecule has 24 heavy (non-hydrogen) atoms. The van der Waals surface area contributed by atoms with Gasteiger partial charge in [0.25, 0.3) is 0 Å². The van der Waals surface area contributed by atoms with E-state index in [1.165, 1.54) is 5.56 Å². The van der Waals surface area contributed by atoms with Crippen molar-refractivity contribution in [1.82, 2.24) is 0 Å². The molecule has 0 bridgehead atoms. The molecule has 2 aliphatic rings. The summed E-state index contributed by atoms with van der Waals surface area (Å²) in [5, 5.41) is 0. The van der Waals surface area contributed by atoms with Crippen molar-refractivity contribution >= 4 is 17.4 Å². The Labute approximate surface area is 141 Å². The number of hydrogen-bond donors (Lipinski definition) is 0. The predicted octanol–water partition coefficient (Wildman–Crippen LogP) is 4.82. The molecule has 3 nitrogen and oxygen atoms in total. The molecule has 1 atom stereocenters. The molecule has 118 valence electrons. The third-order valence-electron chi connectivity index (χ3n) is 4.35. The van der Waals surface area contributed by atoms with Crippen molar-refractivity contribution in [1.29, 1.82) is 0 Å². The van der Waals surface area contributed by atoms with Crippen LogP contribution in [0.15, 0.2) is 90.7 Å². The number of carbonyl (C=O) groups excluding carboxylic acids is 1. The van der Waals surface area contributed by atoms with Gasteiger partial charge in [0.05, 0.1) is 17.4 Å². The maximum atomic E-state index is 13.2. The summed E-state index contributed by atoms with van der Waals surface area (Å²) in [6.45, 7) is 2.05. The van der Waals surface area contributed by atoms with Crippen LogP contribution in [0.1, 0.15) is 5.56 Å². The van der Waals surface area contributed by atoms with Crippen LogP contribution in [-0.4, -0.2) is 12.1 Å². The van der Waals surface area contributed by atoms with Crippen LogP contribution in [0.25, 0.3) is 0 Å². The quantitative estimate of drug-likeness (QED) is 0.779. The summed E-state index contributed by atoms with van der Waals surface area (Å²) in [6.07, 6.45) is 10.1. The summed E-state index contributed by atoms with van der Waals surface area (Å²) >= 11 is 0. The van der Waals surface area contributed by atoms with Gasteiger partial charge < -0.3 is 0 Å². The first-order valence-corrected chi connectivity index (χ1v) is 8.06. The minimum absolute atomic E-state index is 0.0266. The van der Waals surface area contributed by atoms with Gasteiger partial charge in [-0.1, -0.05) is 60.2 Å². The second-order valence-electron chi connectivity index (χ2n) is 5.97. The number of benzene rings is 2. The summed E-state index contributed by atoms with van der Waals surface area (Å²) in [4.78, 5) is 16.9. The zero-order chi connectivity index (χ0) is 16.5. The summed E-state index contributed by atoms with van der Waals surface area (Å²) < 4.78 is 0. The van der Waals surface area contributed by atoms with Crippen LogP contribution in [0.3, 0.4) is 0 Å². The smallest absolute Gasteiger partial charge is 0.281 e. The van der Waals surface area contributed by atoms with Crippen LogP contribution in [0.5, 0.6) is 0 Å². The predicted molar refractivity (Wildman–Crippen MR) is 98.1 cm³/mol. The summed E-state index contributed by atoms with van der Waals surface area (Å²) in [7, 11) is 0. The molecular weight excluding hydrogens is 296 g/mol. The second kappa shape index (κ2) is 5.85. The van der Waals surface area contributed by atoms with E-state index >= 15 is 0 Å². The first kappa shape index (κ1) is 14.5. The van der Waals surface area contributed by atoms with E-state index in [4.69, 9.17) is 0 Å². The van der Waals surface area contributed by atoms with Crippen LogP contribution in [-0.2, 0) is 0 Å². The van der Waals surface area contributed by atoms with Crippen LogP contribution in [0, 0.1) is 6.92 Å². The molecular formula is C21H18N2O. The largest absolute Gasteiger partial charge is 0.334 e. The number of allylic oxidation sites excluding steroid dienone is 4. The highest BCUT2D eigenvalue weighted by Gasteiger charge is 2.42. The molecule has 2 aromatic carbocycles. The van der Waals surface area contributed by atoms with Crippen molar-refractivity contribution in [2.75, 3.05) is 9.80 Å². The highest BCUT2D eigenvalue weighted by Crippen LogP contribution is 2.36. The Kier molecular flexibility index (Phi) is 3.54. The Morgan fingerprint density at radius 1 is 0.833 bits per heavy atom. The molecule has 1 unspecified atom stereocenters. The van der Waals surface area contributed by atoms with Gasteiger partial charge in [0.1, 0.15) is 0 Å².